The van der Waals surface area contributed by atoms with E-state index in [0.717, 1.165) is 64.9 Å². The summed E-state index contributed by atoms with van der Waals surface area (Å²) < 4.78 is 23.7. The van der Waals surface area contributed by atoms with Gasteiger partial charge in [-0.1, -0.05) is 73.8 Å². The van der Waals surface area contributed by atoms with Crippen molar-refractivity contribution in [2.24, 2.45) is 0 Å². The summed E-state index contributed by atoms with van der Waals surface area (Å²) in [6.07, 6.45) is 2.27. The van der Waals surface area contributed by atoms with Gasteiger partial charge >= 0.3 is 11.9 Å². The molecule has 0 atom stereocenters. The maximum atomic E-state index is 11.3. The monoisotopic (exact) mass is 812 g/mol. The third-order valence-electron chi connectivity index (χ3n) is 10.3. The normalized spacial score (nSPS) is 12.4. The molecule has 0 aliphatic heterocycles. The standard InChI is InChI=1S/C49H36N2O6S2/c1-3-45(52)56-27-25-54-35-19-13-31(14-20-35)47-50-41-23-17-33(29-43(41)58-47)49(39-11-7-5-9-37(39)38-10-6-8-12-40(38)49)34-18-24-42-44(30-34)59-48(51-42)32-15-21-36(22-16-32)55-26-28-57-46(53)4-2/h3-24,29-30H,1-2,25-28H2. The average molecular weight is 813 g/mol. The van der Waals surface area contributed by atoms with Crippen LogP contribution in [0.25, 0.3) is 52.7 Å². The third kappa shape index (κ3) is 7.17. The lowest BCUT2D eigenvalue weighted by Crippen LogP contribution is -2.28. The van der Waals surface area contributed by atoms with E-state index in [9.17, 15) is 9.59 Å². The zero-order valence-corrected chi connectivity index (χ0v) is 33.4. The van der Waals surface area contributed by atoms with Gasteiger partial charge in [-0.2, -0.15) is 0 Å². The Morgan fingerprint density at radius 2 is 0.966 bits per heavy atom. The third-order valence-corrected chi connectivity index (χ3v) is 12.5. The number of thiazole rings is 2. The number of rotatable bonds is 14. The Hall–Kier alpha value is -6.88. The summed E-state index contributed by atoms with van der Waals surface area (Å²) in [6, 6.07) is 46.5. The van der Waals surface area contributed by atoms with E-state index in [1.54, 1.807) is 22.7 Å². The molecule has 0 radical (unpaired) electrons. The summed E-state index contributed by atoms with van der Waals surface area (Å²) in [7, 11) is 0. The lowest BCUT2D eigenvalue weighted by molar-refractivity contribution is -0.139. The molecule has 0 fully saturated rings. The van der Waals surface area contributed by atoms with Crippen LogP contribution in [0, 0.1) is 0 Å². The Morgan fingerprint density at radius 3 is 1.39 bits per heavy atom. The van der Waals surface area contributed by atoms with E-state index in [4.69, 9.17) is 28.9 Å². The van der Waals surface area contributed by atoms with Crippen LogP contribution in [0.1, 0.15) is 22.3 Å². The Morgan fingerprint density at radius 1 is 0.542 bits per heavy atom. The molecule has 10 heteroatoms. The van der Waals surface area contributed by atoms with Crippen molar-refractivity contribution in [1.29, 1.82) is 0 Å². The van der Waals surface area contributed by atoms with Crippen molar-refractivity contribution in [3.63, 3.8) is 0 Å². The van der Waals surface area contributed by atoms with Gasteiger partial charge in [0.05, 0.1) is 25.8 Å². The molecule has 59 heavy (non-hydrogen) atoms. The molecule has 2 heterocycles. The topological polar surface area (TPSA) is 96.8 Å². The molecule has 0 amide bonds. The second-order valence-corrected chi connectivity index (χ2v) is 15.8. The molecule has 0 saturated heterocycles. The number of ether oxygens (including phenoxy) is 4. The number of carbonyl (C=O) groups is 2. The van der Waals surface area contributed by atoms with Crippen LogP contribution in [-0.2, 0) is 24.5 Å². The minimum absolute atomic E-state index is 0.147. The van der Waals surface area contributed by atoms with Gasteiger partial charge in [-0.15, -0.1) is 22.7 Å². The van der Waals surface area contributed by atoms with Crippen LogP contribution in [0.4, 0.5) is 0 Å². The predicted octanol–water partition coefficient (Wildman–Crippen LogP) is 10.8. The van der Waals surface area contributed by atoms with Crippen molar-refractivity contribution in [1.82, 2.24) is 9.97 Å². The van der Waals surface area contributed by atoms with Gasteiger partial charge in [0.15, 0.2) is 0 Å². The van der Waals surface area contributed by atoms with Crippen LogP contribution in [0.15, 0.2) is 159 Å². The van der Waals surface area contributed by atoms with Gasteiger partial charge in [0.2, 0.25) is 0 Å². The van der Waals surface area contributed by atoms with Gasteiger partial charge in [-0.05, 0) is 106 Å². The van der Waals surface area contributed by atoms with E-state index in [1.807, 2.05) is 48.5 Å². The fraction of sp³-hybridized carbons (Fsp3) is 0.102. The minimum Gasteiger partial charge on any atom is -0.490 e. The highest BCUT2D eigenvalue weighted by Gasteiger charge is 2.46. The summed E-state index contributed by atoms with van der Waals surface area (Å²) in [6.45, 7) is 7.61. The fourth-order valence-electron chi connectivity index (χ4n) is 7.70. The molecule has 9 rings (SSSR count). The first kappa shape index (κ1) is 37.7. The van der Waals surface area contributed by atoms with Crippen molar-refractivity contribution in [3.8, 4) is 43.8 Å². The summed E-state index contributed by atoms with van der Waals surface area (Å²) in [5, 5.41) is 1.83. The molecule has 0 unspecified atom stereocenters. The highest BCUT2D eigenvalue weighted by Crippen LogP contribution is 2.57. The number of nitrogens with zero attached hydrogens (tertiary/aromatic N) is 2. The molecular formula is C49H36N2O6S2. The molecule has 0 saturated carbocycles. The van der Waals surface area contributed by atoms with E-state index in [0.29, 0.717) is 11.5 Å². The van der Waals surface area contributed by atoms with Crippen LogP contribution in [0.5, 0.6) is 11.5 Å². The zero-order valence-electron chi connectivity index (χ0n) is 31.8. The number of hydrogen-bond acceptors (Lipinski definition) is 10. The highest BCUT2D eigenvalue weighted by molar-refractivity contribution is 7.22. The Kier molecular flexibility index (Phi) is 10.3. The lowest BCUT2D eigenvalue weighted by atomic mass is 9.67. The van der Waals surface area contributed by atoms with Crippen molar-refractivity contribution in [2.45, 2.75) is 5.41 Å². The highest BCUT2D eigenvalue weighted by atomic mass is 32.1. The van der Waals surface area contributed by atoms with Crippen molar-refractivity contribution in [2.75, 3.05) is 26.4 Å². The van der Waals surface area contributed by atoms with E-state index >= 15 is 0 Å². The number of aromatic nitrogens is 2. The Balaban J connectivity index is 1.06. The van der Waals surface area contributed by atoms with E-state index < -0.39 is 17.4 Å². The van der Waals surface area contributed by atoms with Gasteiger partial charge < -0.3 is 18.9 Å². The van der Waals surface area contributed by atoms with Gasteiger partial charge in [-0.25, -0.2) is 19.6 Å². The molecule has 1 aliphatic rings. The van der Waals surface area contributed by atoms with E-state index in [2.05, 4.69) is 98.1 Å². The molecule has 0 bridgehead atoms. The van der Waals surface area contributed by atoms with Crippen LogP contribution >= 0.6 is 22.7 Å². The van der Waals surface area contributed by atoms with Crippen molar-refractivity contribution >= 4 is 55.0 Å². The van der Waals surface area contributed by atoms with Gasteiger partial charge in [0.25, 0.3) is 0 Å². The quantitative estimate of drug-likeness (QED) is 0.0608. The first-order chi connectivity index (χ1) is 28.9. The van der Waals surface area contributed by atoms with Crippen LogP contribution < -0.4 is 9.47 Å². The Labute approximate surface area is 348 Å². The molecule has 0 spiro atoms. The largest absolute Gasteiger partial charge is 0.490 e. The lowest BCUT2D eigenvalue weighted by Gasteiger charge is -2.33. The van der Waals surface area contributed by atoms with Gasteiger partial charge in [-0.3, -0.25) is 0 Å². The van der Waals surface area contributed by atoms with Crippen LogP contribution in [0.2, 0.25) is 0 Å². The molecule has 2 aromatic heterocycles. The number of benzene rings is 6. The number of fused-ring (bicyclic) bond motifs is 5. The Bertz CT molecular complexity index is 2680. The molecule has 0 N–H and O–H groups in total. The zero-order chi connectivity index (χ0) is 40.3. The predicted molar refractivity (Wildman–Crippen MR) is 234 cm³/mol. The fourth-order valence-corrected chi connectivity index (χ4v) is 9.72. The summed E-state index contributed by atoms with van der Waals surface area (Å²) in [5.41, 5.74) is 10.5. The summed E-state index contributed by atoms with van der Waals surface area (Å²) >= 11 is 3.33. The van der Waals surface area contributed by atoms with Gasteiger partial charge in [0.1, 0.15) is 47.9 Å². The molecule has 6 aromatic carbocycles. The number of carbonyl (C=O) groups excluding carboxylic acids is 2. The van der Waals surface area contributed by atoms with Crippen molar-refractivity contribution in [3.05, 3.63) is 181 Å². The van der Waals surface area contributed by atoms with E-state index in [-0.39, 0.29) is 26.4 Å². The smallest absolute Gasteiger partial charge is 0.330 e. The first-order valence-electron chi connectivity index (χ1n) is 19.0. The molecular weight excluding hydrogens is 777 g/mol. The van der Waals surface area contributed by atoms with Crippen LogP contribution in [0.3, 0.4) is 0 Å². The maximum absolute atomic E-state index is 11.3. The number of hydrogen-bond donors (Lipinski definition) is 0. The van der Waals surface area contributed by atoms with Gasteiger partial charge in [0, 0.05) is 23.3 Å². The average Bonchev–Trinajstić information content (AvgIpc) is 3.99. The molecule has 8 nitrogen and oxygen atoms in total. The molecule has 8 aromatic rings. The maximum Gasteiger partial charge on any atom is 0.330 e. The number of esters is 2. The van der Waals surface area contributed by atoms with Crippen molar-refractivity contribution < 1.29 is 28.5 Å². The summed E-state index contributed by atoms with van der Waals surface area (Å²) in [5.74, 6) is 0.422. The first-order valence-corrected chi connectivity index (χ1v) is 20.6. The van der Waals surface area contributed by atoms with E-state index in [1.165, 1.54) is 22.3 Å². The SMILES string of the molecule is C=CC(=O)OCCOc1ccc(-c2nc3ccc(C4(c5ccc6nc(-c7ccc(OCCOC(=O)C=C)cc7)sc6c5)c5ccccc5-c5ccccc54)cc3s2)cc1. The second kappa shape index (κ2) is 16.2. The summed E-state index contributed by atoms with van der Waals surface area (Å²) in [4.78, 5) is 32.7. The minimum atomic E-state index is -0.595. The van der Waals surface area contributed by atoms with Crippen LogP contribution in [-0.4, -0.2) is 48.3 Å². The molecule has 290 valence electrons. The molecule has 1 aliphatic carbocycles. The second-order valence-electron chi connectivity index (χ2n) is 13.7.